The number of fused-ring (bicyclic) bond motifs is 1. The zero-order valence-corrected chi connectivity index (χ0v) is 15.2. The van der Waals surface area contributed by atoms with Gasteiger partial charge in [0.2, 0.25) is 0 Å². The van der Waals surface area contributed by atoms with Crippen LogP contribution in [0, 0.1) is 0 Å². The number of hydrogen-bond acceptors (Lipinski definition) is 6. The number of nitrogens with one attached hydrogen (secondary N) is 1. The van der Waals surface area contributed by atoms with E-state index < -0.39 is 23.9 Å². The summed E-state index contributed by atoms with van der Waals surface area (Å²) in [7, 11) is 0. The average molecular weight is 392 g/mol. The molecular weight excluding hydrogens is 376 g/mol. The minimum atomic E-state index is -0.762. The van der Waals surface area contributed by atoms with Crippen LogP contribution < -0.4 is 10.7 Å². The third-order valence-electron chi connectivity index (χ3n) is 4.57. The SMILES string of the molecule is O=C(N[C@@H](CN1C(=O)COC1=O)c1ccccc1)c1cc(=O)c2ccccc2o1. The van der Waals surface area contributed by atoms with Gasteiger partial charge >= 0.3 is 6.09 Å². The van der Waals surface area contributed by atoms with E-state index in [2.05, 4.69) is 5.32 Å². The Labute approximate surface area is 164 Å². The minimum absolute atomic E-state index is 0.106. The molecule has 2 aromatic carbocycles. The van der Waals surface area contributed by atoms with Crippen molar-refractivity contribution in [3.8, 4) is 0 Å². The highest BCUT2D eigenvalue weighted by atomic mass is 16.6. The lowest BCUT2D eigenvalue weighted by atomic mass is 10.1. The fraction of sp³-hybridized carbons (Fsp3) is 0.143. The lowest BCUT2D eigenvalue weighted by Gasteiger charge is -2.22. The summed E-state index contributed by atoms with van der Waals surface area (Å²) in [5, 5.41) is 3.11. The Hall–Kier alpha value is -3.94. The maximum atomic E-state index is 12.8. The first-order valence-electron chi connectivity index (χ1n) is 8.89. The zero-order chi connectivity index (χ0) is 20.4. The zero-order valence-electron chi connectivity index (χ0n) is 15.2. The number of cyclic esters (lactones) is 1. The first kappa shape index (κ1) is 18.4. The maximum Gasteiger partial charge on any atom is 0.417 e. The van der Waals surface area contributed by atoms with Crippen molar-refractivity contribution >= 4 is 28.9 Å². The lowest BCUT2D eigenvalue weighted by Crippen LogP contribution is -2.40. The van der Waals surface area contributed by atoms with Gasteiger partial charge in [0.25, 0.3) is 11.8 Å². The summed E-state index contributed by atoms with van der Waals surface area (Å²) >= 11 is 0. The van der Waals surface area contributed by atoms with E-state index in [-0.39, 0.29) is 24.3 Å². The van der Waals surface area contributed by atoms with Crippen LogP contribution in [0.3, 0.4) is 0 Å². The van der Waals surface area contributed by atoms with Gasteiger partial charge in [0, 0.05) is 6.07 Å². The van der Waals surface area contributed by atoms with Crippen molar-refractivity contribution in [2.24, 2.45) is 0 Å². The smallest absolute Gasteiger partial charge is 0.417 e. The number of amides is 3. The summed E-state index contributed by atoms with van der Waals surface area (Å²) in [5.41, 5.74) is 0.628. The quantitative estimate of drug-likeness (QED) is 0.714. The first-order valence-corrected chi connectivity index (χ1v) is 8.89. The molecule has 29 heavy (non-hydrogen) atoms. The van der Waals surface area contributed by atoms with Crippen LogP contribution in [-0.4, -0.2) is 36.0 Å². The number of hydrogen-bond donors (Lipinski definition) is 1. The predicted molar refractivity (Wildman–Crippen MR) is 102 cm³/mol. The van der Waals surface area contributed by atoms with E-state index in [1.54, 1.807) is 54.6 Å². The van der Waals surface area contributed by atoms with Gasteiger partial charge in [-0.2, -0.15) is 0 Å². The molecule has 0 unspecified atom stereocenters. The number of carbonyl (C=O) groups excluding carboxylic acids is 3. The summed E-state index contributed by atoms with van der Waals surface area (Å²) in [6, 6.07) is 15.9. The standard InChI is InChI=1S/C21H16N2O6/c24-16-10-18(29-17-9-5-4-8-14(16)17)20(26)22-15(13-6-2-1-3-7-13)11-23-19(25)12-28-21(23)27/h1-10,15H,11-12H2,(H,22,26)/t15-/m0/s1. The molecule has 0 saturated carbocycles. The first-order chi connectivity index (χ1) is 14.0. The van der Waals surface area contributed by atoms with Crippen LogP contribution >= 0.6 is 0 Å². The Kier molecular flexibility index (Phi) is 4.82. The van der Waals surface area contributed by atoms with Crippen LogP contribution in [0.2, 0.25) is 0 Å². The van der Waals surface area contributed by atoms with Crippen LogP contribution in [0.1, 0.15) is 22.2 Å². The lowest BCUT2D eigenvalue weighted by molar-refractivity contribution is -0.126. The van der Waals surface area contributed by atoms with E-state index in [0.29, 0.717) is 16.5 Å². The molecule has 2 heterocycles. The van der Waals surface area contributed by atoms with Gasteiger partial charge in [0.05, 0.1) is 18.0 Å². The van der Waals surface area contributed by atoms with E-state index in [1.165, 1.54) is 0 Å². The Morgan fingerprint density at radius 2 is 1.76 bits per heavy atom. The van der Waals surface area contributed by atoms with Gasteiger partial charge in [0.15, 0.2) is 17.8 Å². The molecule has 8 nitrogen and oxygen atoms in total. The molecule has 1 aliphatic heterocycles. The predicted octanol–water partition coefficient (Wildman–Crippen LogP) is 2.24. The van der Waals surface area contributed by atoms with Crippen molar-refractivity contribution in [3.63, 3.8) is 0 Å². The summed E-state index contributed by atoms with van der Waals surface area (Å²) in [5.74, 6) is -1.28. The second-order valence-electron chi connectivity index (χ2n) is 6.47. The topological polar surface area (TPSA) is 106 Å². The Bertz CT molecular complexity index is 1140. The van der Waals surface area contributed by atoms with Crippen molar-refractivity contribution < 1.29 is 23.5 Å². The number of nitrogens with zero attached hydrogens (tertiary/aromatic N) is 1. The van der Waals surface area contributed by atoms with E-state index in [1.807, 2.05) is 0 Å². The van der Waals surface area contributed by atoms with Crippen LogP contribution in [0.15, 0.2) is 69.9 Å². The van der Waals surface area contributed by atoms with E-state index in [0.717, 1.165) is 11.0 Å². The van der Waals surface area contributed by atoms with Gasteiger partial charge in [-0.1, -0.05) is 42.5 Å². The molecule has 1 atom stereocenters. The number of rotatable bonds is 5. The molecule has 1 saturated heterocycles. The summed E-state index contributed by atoms with van der Waals surface area (Å²) in [4.78, 5) is 49.7. The van der Waals surface area contributed by atoms with E-state index >= 15 is 0 Å². The van der Waals surface area contributed by atoms with E-state index in [4.69, 9.17) is 9.15 Å². The average Bonchev–Trinajstić information content (AvgIpc) is 3.05. The molecular formula is C21H16N2O6. The Morgan fingerprint density at radius 3 is 2.48 bits per heavy atom. The van der Waals surface area contributed by atoms with Crippen LogP contribution in [-0.2, 0) is 9.53 Å². The molecule has 0 bridgehead atoms. The van der Waals surface area contributed by atoms with Gasteiger partial charge in [-0.25, -0.2) is 9.69 Å². The fourth-order valence-corrected chi connectivity index (χ4v) is 3.11. The monoisotopic (exact) mass is 392 g/mol. The Balaban J connectivity index is 1.63. The van der Waals surface area contributed by atoms with Crippen LogP contribution in [0.5, 0.6) is 0 Å². The number of imide groups is 1. The molecule has 8 heteroatoms. The molecule has 146 valence electrons. The molecule has 1 fully saturated rings. The summed E-state index contributed by atoms with van der Waals surface area (Å²) in [6.45, 7) is -0.431. The summed E-state index contributed by atoms with van der Waals surface area (Å²) < 4.78 is 10.3. The third-order valence-corrected chi connectivity index (χ3v) is 4.57. The number of benzene rings is 2. The Morgan fingerprint density at radius 1 is 1.03 bits per heavy atom. The number of ether oxygens (including phenoxy) is 1. The van der Waals surface area contributed by atoms with Gasteiger partial charge in [-0.05, 0) is 17.7 Å². The van der Waals surface area contributed by atoms with Crippen molar-refractivity contribution in [1.82, 2.24) is 10.2 Å². The number of carbonyl (C=O) groups is 3. The maximum absolute atomic E-state index is 12.8. The molecule has 1 N–H and O–H groups in total. The van der Waals surface area contributed by atoms with Gasteiger partial charge in [-0.3, -0.25) is 14.4 Å². The second-order valence-corrected chi connectivity index (χ2v) is 6.47. The van der Waals surface area contributed by atoms with Crippen molar-refractivity contribution in [3.05, 3.63) is 82.2 Å². The number of para-hydroxylation sites is 1. The fourth-order valence-electron chi connectivity index (χ4n) is 3.11. The molecule has 0 aliphatic carbocycles. The molecule has 4 rings (SSSR count). The molecule has 0 radical (unpaired) electrons. The van der Waals surface area contributed by atoms with E-state index in [9.17, 15) is 19.2 Å². The third kappa shape index (κ3) is 3.73. The summed E-state index contributed by atoms with van der Waals surface area (Å²) in [6.07, 6.45) is -0.762. The molecule has 3 aromatic rings. The second kappa shape index (κ2) is 7.59. The van der Waals surface area contributed by atoms with Gasteiger partial charge < -0.3 is 14.5 Å². The highest BCUT2D eigenvalue weighted by molar-refractivity contribution is 5.98. The highest BCUT2D eigenvalue weighted by Crippen LogP contribution is 2.19. The normalized spacial score (nSPS) is 14.7. The largest absolute Gasteiger partial charge is 0.451 e. The van der Waals surface area contributed by atoms with Crippen LogP contribution in [0.4, 0.5) is 4.79 Å². The van der Waals surface area contributed by atoms with Crippen LogP contribution in [0.25, 0.3) is 11.0 Å². The molecule has 0 spiro atoms. The van der Waals surface area contributed by atoms with Crippen molar-refractivity contribution in [1.29, 1.82) is 0 Å². The highest BCUT2D eigenvalue weighted by Gasteiger charge is 2.34. The minimum Gasteiger partial charge on any atom is -0.451 e. The molecule has 1 aromatic heterocycles. The van der Waals surface area contributed by atoms with Crippen molar-refractivity contribution in [2.75, 3.05) is 13.2 Å². The van der Waals surface area contributed by atoms with Crippen molar-refractivity contribution in [2.45, 2.75) is 6.04 Å². The van der Waals surface area contributed by atoms with Gasteiger partial charge in [0.1, 0.15) is 5.58 Å². The van der Waals surface area contributed by atoms with Gasteiger partial charge in [-0.15, -0.1) is 0 Å². The molecule has 1 aliphatic rings. The molecule has 3 amide bonds.